The van der Waals surface area contributed by atoms with Gasteiger partial charge in [0.1, 0.15) is 18.3 Å². The third kappa shape index (κ3) is 3.42. The Bertz CT molecular complexity index is 1100. The molecule has 1 aliphatic rings. The largest absolute Gasteiger partial charge is 0.343 e. The van der Waals surface area contributed by atoms with Gasteiger partial charge in [-0.15, -0.1) is 0 Å². The van der Waals surface area contributed by atoms with Gasteiger partial charge in [-0.05, 0) is 36.4 Å². The van der Waals surface area contributed by atoms with Gasteiger partial charge in [-0.1, -0.05) is 47.1 Å². The maximum Gasteiger partial charge on any atom is 0.274 e. The zero-order chi connectivity index (χ0) is 19.0. The Morgan fingerprint density at radius 2 is 1.67 bits per heavy atom. The molecule has 4 rings (SSSR count). The van der Waals surface area contributed by atoms with E-state index < -0.39 is 0 Å². The molecular weight excluding hydrogens is 403 g/mol. The topological polar surface area (TPSA) is 61.9 Å². The molecule has 134 valence electrons. The van der Waals surface area contributed by atoms with E-state index in [4.69, 9.17) is 23.2 Å². The molecule has 27 heavy (non-hydrogen) atoms. The molecule has 0 spiro atoms. The second-order valence-electron chi connectivity index (χ2n) is 5.90. The van der Waals surface area contributed by atoms with E-state index in [-0.39, 0.29) is 11.1 Å². The first kappa shape index (κ1) is 17.9. The van der Waals surface area contributed by atoms with Crippen LogP contribution in [0.3, 0.4) is 0 Å². The SMILES string of the molecule is N#Cc1c(-c2ccc(Cl)cc2)nc2n(c1=O)CN(c1ccc(Cl)cc1)CS2. The van der Waals surface area contributed by atoms with Crippen molar-refractivity contribution < 1.29 is 0 Å². The van der Waals surface area contributed by atoms with Crippen LogP contribution in [0.25, 0.3) is 11.3 Å². The fraction of sp³-hybridized carbons (Fsp3) is 0.105. The predicted octanol–water partition coefficient (Wildman–Crippen LogP) is 4.62. The number of halogens is 2. The molecule has 0 saturated heterocycles. The highest BCUT2D eigenvalue weighted by molar-refractivity contribution is 7.99. The summed E-state index contributed by atoms with van der Waals surface area (Å²) in [5.41, 5.74) is 1.71. The highest BCUT2D eigenvalue weighted by Gasteiger charge is 2.24. The Morgan fingerprint density at radius 3 is 2.30 bits per heavy atom. The summed E-state index contributed by atoms with van der Waals surface area (Å²) >= 11 is 13.3. The van der Waals surface area contributed by atoms with E-state index >= 15 is 0 Å². The fourth-order valence-corrected chi connectivity index (χ4v) is 4.05. The van der Waals surface area contributed by atoms with Crippen LogP contribution < -0.4 is 10.5 Å². The monoisotopic (exact) mass is 414 g/mol. The summed E-state index contributed by atoms with van der Waals surface area (Å²) in [6.07, 6.45) is 0. The number of anilines is 1. The summed E-state index contributed by atoms with van der Waals surface area (Å²) in [4.78, 5) is 19.6. The molecule has 0 N–H and O–H groups in total. The quantitative estimate of drug-likeness (QED) is 0.572. The third-order valence-electron chi connectivity index (χ3n) is 4.22. The van der Waals surface area contributed by atoms with E-state index in [2.05, 4.69) is 4.98 Å². The van der Waals surface area contributed by atoms with Gasteiger partial charge in [0.2, 0.25) is 0 Å². The van der Waals surface area contributed by atoms with Crippen LogP contribution in [0, 0.1) is 11.3 Å². The summed E-state index contributed by atoms with van der Waals surface area (Å²) in [5.74, 6) is 0.639. The number of aromatic nitrogens is 2. The van der Waals surface area contributed by atoms with Gasteiger partial charge >= 0.3 is 0 Å². The van der Waals surface area contributed by atoms with Gasteiger partial charge in [0, 0.05) is 21.3 Å². The first-order valence-corrected chi connectivity index (χ1v) is 9.75. The molecule has 0 bridgehead atoms. The van der Waals surface area contributed by atoms with Crippen LogP contribution in [0.5, 0.6) is 0 Å². The minimum Gasteiger partial charge on any atom is -0.343 e. The minimum absolute atomic E-state index is 0.0274. The molecule has 0 aliphatic carbocycles. The molecule has 5 nitrogen and oxygen atoms in total. The molecule has 1 aliphatic heterocycles. The Kier molecular flexibility index (Phi) is 4.83. The number of hydrogen-bond donors (Lipinski definition) is 0. The third-order valence-corrected chi connectivity index (χ3v) is 5.73. The standard InChI is InChI=1S/C19H12Cl2N4OS/c20-13-3-1-12(2-4-13)17-16(9-22)18(26)25-10-24(11-27-19(25)23-17)15-7-5-14(21)6-8-15/h1-8H,10-11H2. The number of fused-ring (bicyclic) bond motifs is 1. The summed E-state index contributed by atoms with van der Waals surface area (Å²) < 4.78 is 1.53. The van der Waals surface area contributed by atoms with E-state index in [9.17, 15) is 10.1 Å². The number of nitrogens with zero attached hydrogens (tertiary/aromatic N) is 4. The smallest absolute Gasteiger partial charge is 0.274 e. The van der Waals surface area contributed by atoms with Crippen molar-refractivity contribution >= 4 is 40.7 Å². The van der Waals surface area contributed by atoms with Crippen molar-refractivity contribution in [1.29, 1.82) is 5.26 Å². The normalized spacial score (nSPS) is 13.1. The molecule has 3 aromatic rings. The number of rotatable bonds is 2. The molecule has 2 aromatic carbocycles. The Hall–Kier alpha value is -2.46. The molecule has 0 saturated carbocycles. The van der Waals surface area contributed by atoms with Gasteiger partial charge in [0.05, 0.1) is 11.6 Å². The van der Waals surface area contributed by atoms with Gasteiger partial charge in [0.15, 0.2) is 5.16 Å². The Labute approximate surface area is 169 Å². The first-order chi connectivity index (χ1) is 13.1. The minimum atomic E-state index is -0.349. The van der Waals surface area contributed by atoms with Crippen LogP contribution in [-0.2, 0) is 6.67 Å². The average Bonchev–Trinajstić information content (AvgIpc) is 2.69. The molecule has 0 amide bonds. The summed E-state index contributed by atoms with van der Waals surface area (Å²) in [6.45, 7) is 0.325. The molecule has 0 fully saturated rings. The molecule has 2 heterocycles. The van der Waals surface area contributed by atoms with Gasteiger partial charge < -0.3 is 4.90 Å². The van der Waals surface area contributed by atoms with Gasteiger partial charge in [-0.2, -0.15) is 5.26 Å². The Morgan fingerprint density at radius 1 is 1.04 bits per heavy atom. The molecule has 0 unspecified atom stereocenters. The van der Waals surface area contributed by atoms with Crippen molar-refractivity contribution in [2.45, 2.75) is 11.8 Å². The lowest BCUT2D eigenvalue weighted by Gasteiger charge is -2.31. The van der Waals surface area contributed by atoms with Crippen LogP contribution in [-0.4, -0.2) is 15.4 Å². The maximum absolute atomic E-state index is 12.9. The fourth-order valence-electron chi connectivity index (χ4n) is 2.84. The zero-order valence-corrected chi connectivity index (χ0v) is 16.2. The van der Waals surface area contributed by atoms with E-state index in [1.54, 1.807) is 24.3 Å². The van der Waals surface area contributed by atoms with Crippen molar-refractivity contribution in [2.24, 2.45) is 0 Å². The van der Waals surface area contributed by atoms with Crippen LogP contribution in [0.1, 0.15) is 5.56 Å². The summed E-state index contributed by atoms with van der Waals surface area (Å²) in [7, 11) is 0. The van der Waals surface area contributed by atoms with Gasteiger partial charge in [-0.3, -0.25) is 9.36 Å². The lowest BCUT2D eigenvalue weighted by Crippen LogP contribution is -2.38. The van der Waals surface area contributed by atoms with Crippen molar-refractivity contribution in [3.05, 3.63) is 74.5 Å². The predicted molar refractivity (Wildman–Crippen MR) is 108 cm³/mol. The maximum atomic E-state index is 12.9. The van der Waals surface area contributed by atoms with Crippen molar-refractivity contribution in [2.75, 3.05) is 10.8 Å². The lowest BCUT2D eigenvalue weighted by atomic mass is 10.1. The number of benzene rings is 2. The molecule has 0 atom stereocenters. The summed E-state index contributed by atoms with van der Waals surface area (Å²) in [6, 6.07) is 16.4. The second kappa shape index (κ2) is 7.28. The number of nitriles is 1. The van der Waals surface area contributed by atoms with Crippen LogP contribution in [0.4, 0.5) is 5.69 Å². The summed E-state index contributed by atoms with van der Waals surface area (Å²) in [5, 5.41) is 11.4. The number of hydrogen-bond acceptors (Lipinski definition) is 5. The second-order valence-corrected chi connectivity index (χ2v) is 7.69. The first-order valence-electron chi connectivity index (χ1n) is 8.01. The zero-order valence-electron chi connectivity index (χ0n) is 13.9. The number of thioether (sulfide) groups is 1. The van der Waals surface area contributed by atoms with Crippen LogP contribution in [0.15, 0.2) is 58.5 Å². The molecule has 0 radical (unpaired) electrons. The molecule has 8 heteroatoms. The van der Waals surface area contributed by atoms with Crippen molar-refractivity contribution in [3.63, 3.8) is 0 Å². The molecule has 1 aromatic heterocycles. The van der Waals surface area contributed by atoms with E-state index in [1.807, 2.05) is 35.2 Å². The molecular formula is C19H12Cl2N4OS. The van der Waals surface area contributed by atoms with Crippen molar-refractivity contribution in [1.82, 2.24) is 9.55 Å². The lowest BCUT2D eigenvalue weighted by molar-refractivity contribution is 0.560. The highest BCUT2D eigenvalue weighted by Crippen LogP contribution is 2.30. The van der Waals surface area contributed by atoms with Gasteiger partial charge in [-0.25, -0.2) is 4.98 Å². The van der Waals surface area contributed by atoms with E-state index in [1.165, 1.54) is 16.3 Å². The van der Waals surface area contributed by atoms with Crippen LogP contribution >= 0.6 is 35.0 Å². The Balaban J connectivity index is 1.77. The van der Waals surface area contributed by atoms with E-state index in [0.717, 1.165) is 5.69 Å². The average molecular weight is 415 g/mol. The van der Waals surface area contributed by atoms with E-state index in [0.29, 0.717) is 39.0 Å². The highest BCUT2D eigenvalue weighted by atomic mass is 35.5. The van der Waals surface area contributed by atoms with Crippen molar-refractivity contribution in [3.8, 4) is 17.3 Å². The van der Waals surface area contributed by atoms with Gasteiger partial charge in [0.25, 0.3) is 5.56 Å². The van der Waals surface area contributed by atoms with Crippen LogP contribution in [0.2, 0.25) is 10.0 Å².